The summed E-state index contributed by atoms with van der Waals surface area (Å²) in [6.45, 7) is 11.3. The van der Waals surface area contributed by atoms with Crippen molar-refractivity contribution < 1.29 is 8.98 Å². The van der Waals surface area contributed by atoms with Crippen molar-refractivity contribution in [1.29, 1.82) is 0 Å². The van der Waals surface area contributed by atoms with Crippen molar-refractivity contribution in [1.82, 2.24) is 4.57 Å². The van der Waals surface area contributed by atoms with E-state index in [1.54, 1.807) is 0 Å². The van der Waals surface area contributed by atoms with Gasteiger partial charge in [0.15, 0.2) is 0 Å². The first-order valence-electron chi connectivity index (χ1n) is 11.5. The fourth-order valence-electron chi connectivity index (χ4n) is 4.94. The van der Waals surface area contributed by atoms with E-state index in [1.165, 1.54) is 44.5 Å². The maximum Gasteiger partial charge on any atom is 0.294 e. The minimum Gasteiger partial charge on any atom is -0.456 e. The number of nitrogens with zero attached hydrogens (tertiary/aromatic N) is 2. The topological polar surface area (TPSA) is 21.9 Å². The number of benzene rings is 3. The lowest BCUT2D eigenvalue weighted by molar-refractivity contribution is -0.659. The van der Waals surface area contributed by atoms with E-state index in [4.69, 9.17) is 4.42 Å². The van der Waals surface area contributed by atoms with Crippen LogP contribution in [0.5, 0.6) is 0 Å². The highest BCUT2D eigenvalue weighted by Crippen LogP contribution is 2.42. The second-order valence-corrected chi connectivity index (χ2v) is 9.43. The van der Waals surface area contributed by atoms with Gasteiger partial charge in [-0.15, -0.1) is 0 Å². The van der Waals surface area contributed by atoms with Crippen molar-refractivity contribution in [3.05, 3.63) is 83.7 Å². The molecule has 3 heteroatoms. The van der Waals surface area contributed by atoms with Crippen molar-refractivity contribution in [2.75, 3.05) is 0 Å². The van der Waals surface area contributed by atoms with E-state index < -0.39 is 0 Å². The molecule has 0 aliphatic rings. The molecule has 0 N–H and O–H groups in total. The number of furan rings is 1. The Labute approximate surface area is 189 Å². The molecule has 3 aromatic carbocycles. The quantitative estimate of drug-likeness (QED) is 0.276. The second-order valence-electron chi connectivity index (χ2n) is 9.43. The molecule has 0 aliphatic carbocycles. The average Bonchev–Trinajstić information content (AvgIpc) is 3.32. The van der Waals surface area contributed by atoms with Crippen LogP contribution in [0.2, 0.25) is 0 Å². The number of para-hydroxylation sites is 1. The smallest absolute Gasteiger partial charge is 0.294 e. The fraction of sp³-hybridized carbons (Fsp3) is 0.276. The van der Waals surface area contributed by atoms with Crippen LogP contribution in [0.1, 0.15) is 56.2 Å². The van der Waals surface area contributed by atoms with Crippen LogP contribution in [0.4, 0.5) is 0 Å². The molecule has 162 valence electrons. The van der Waals surface area contributed by atoms with Gasteiger partial charge >= 0.3 is 0 Å². The predicted molar refractivity (Wildman–Crippen MR) is 133 cm³/mol. The Bertz CT molecular complexity index is 1450. The van der Waals surface area contributed by atoms with E-state index in [0.717, 1.165) is 11.2 Å². The Morgan fingerprint density at radius 1 is 0.875 bits per heavy atom. The van der Waals surface area contributed by atoms with Crippen LogP contribution in [-0.2, 0) is 7.05 Å². The van der Waals surface area contributed by atoms with E-state index in [0.29, 0.717) is 11.8 Å². The van der Waals surface area contributed by atoms with Crippen molar-refractivity contribution in [3.8, 4) is 17.1 Å². The highest BCUT2D eigenvalue weighted by Gasteiger charge is 2.30. The van der Waals surface area contributed by atoms with Gasteiger partial charge in [-0.1, -0.05) is 64.1 Å². The predicted octanol–water partition coefficient (Wildman–Crippen LogP) is 7.42. The van der Waals surface area contributed by atoms with E-state index in [9.17, 15) is 0 Å². The molecule has 3 nitrogen and oxygen atoms in total. The summed E-state index contributed by atoms with van der Waals surface area (Å²) in [6, 6.07) is 19.4. The number of imidazole rings is 1. The number of hydrogen-bond donors (Lipinski definition) is 0. The molecular formula is C29H31N2O+. The van der Waals surface area contributed by atoms with Gasteiger partial charge in [-0.2, -0.15) is 4.57 Å². The van der Waals surface area contributed by atoms with Gasteiger partial charge in [0.25, 0.3) is 5.82 Å². The standard InChI is InChI=1S/C29H31N2O/c1-18(2)23-17-24-22-13-9-10-14-25(22)32-28(24)26(19(3)4)27(23)31-16-15-30(6)29(31)21-12-8-7-11-20(21)5/h7-19H,1-6H3/q+1. The summed E-state index contributed by atoms with van der Waals surface area (Å²) in [7, 11) is 2.13. The van der Waals surface area contributed by atoms with Crippen molar-refractivity contribution >= 4 is 21.9 Å². The number of aryl methyl sites for hydroxylation is 2. The highest BCUT2D eigenvalue weighted by atomic mass is 16.3. The van der Waals surface area contributed by atoms with Gasteiger partial charge in [0.2, 0.25) is 0 Å². The largest absolute Gasteiger partial charge is 0.456 e. The summed E-state index contributed by atoms with van der Waals surface area (Å²) < 4.78 is 11.1. The van der Waals surface area contributed by atoms with E-state index in [2.05, 4.69) is 112 Å². The molecule has 0 amide bonds. The van der Waals surface area contributed by atoms with Crippen LogP contribution in [0.15, 0.2) is 71.4 Å². The first-order valence-corrected chi connectivity index (χ1v) is 11.5. The molecule has 0 saturated carbocycles. The Morgan fingerprint density at radius 3 is 2.31 bits per heavy atom. The summed E-state index contributed by atoms with van der Waals surface area (Å²) in [5.41, 5.74) is 8.34. The summed E-state index contributed by atoms with van der Waals surface area (Å²) >= 11 is 0. The Balaban J connectivity index is 1.94. The summed E-state index contributed by atoms with van der Waals surface area (Å²) in [6.07, 6.45) is 4.35. The lowest BCUT2D eigenvalue weighted by Crippen LogP contribution is -2.29. The molecule has 2 heterocycles. The first kappa shape index (κ1) is 20.6. The summed E-state index contributed by atoms with van der Waals surface area (Å²) in [5, 5.41) is 2.40. The molecular weight excluding hydrogens is 392 g/mol. The third kappa shape index (κ3) is 3.07. The van der Waals surface area contributed by atoms with Gasteiger partial charge in [0.05, 0.1) is 12.6 Å². The van der Waals surface area contributed by atoms with Crippen molar-refractivity contribution in [2.24, 2.45) is 7.05 Å². The maximum atomic E-state index is 6.50. The van der Waals surface area contributed by atoms with Crippen LogP contribution < -0.4 is 4.57 Å². The van der Waals surface area contributed by atoms with Gasteiger partial charge in [-0.25, -0.2) is 4.57 Å². The number of aromatic nitrogens is 2. The van der Waals surface area contributed by atoms with E-state index in [-0.39, 0.29) is 0 Å². The molecule has 0 aliphatic heterocycles. The van der Waals surface area contributed by atoms with Gasteiger partial charge in [0, 0.05) is 21.9 Å². The zero-order chi connectivity index (χ0) is 22.6. The Kier molecular flexibility index (Phi) is 4.93. The maximum absolute atomic E-state index is 6.50. The molecule has 0 fully saturated rings. The summed E-state index contributed by atoms with van der Waals surface area (Å²) in [5.74, 6) is 1.87. The average molecular weight is 424 g/mol. The molecule has 0 saturated heterocycles. The minimum absolute atomic E-state index is 0.309. The second kappa shape index (κ2) is 7.67. The third-order valence-corrected chi connectivity index (χ3v) is 6.53. The lowest BCUT2D eigenvalue weighted by Gasteiger charge is -2.19. The minimum atomic E-state index is 0.309. The zero-order valence-electron chi connectivity index (χ0n) is 19.8. The molecule has 0 bridgehead atoms. The van der Waals surface area contributed by atoms with Gasteiger partial charge < -0.3 is 4.42 Å². The van der Waals surface area contributed by atoms with Crippen LogP contribution in [-0.4, -0.2) is 4.57 Å². The number of rotatable bonds is 4. The SMILES string of the molecule is Cc1ccccc1-c1n(-c2c(C(C)C)cc3c(oc4ccccc43)c2C(C)C)cc[n+]1C. The monoisotopic (exact) mass is 423 g/mol. The summed E-state index contributed by atoms with van der Waals surface area (Å²) in [4.78, 5) is 0. The fourth-order valence-corrected chi connectivity index (χ4v) is 4.94. The van der Waals surface area contributed by atoms with Crippen LogP contribution in [0.3, 0.4) is 0 Å². The molecule has 32 heavy (non-hydrogen) atoms. The Hall–Kier alpha value is -3.33. The number of fused-ring (bicyclic) bond motifs is 3. The van der Waals surface area contributed by atoms with E-state index in [1.807, 2.05) is 6.07 Å². The third-order valence-electron chi connectivity index (χ3n) is 6.53. The van der Waals surface area contributed by atoms with Crippen LogP contribution in [0, 0.1) is 6.92 Å². The normalized spacial score (nSPS) is 12.0. The molecule has 5 aromatic rings. The van der Waals surface area contributed by atoms with Gasteiger partial charge in [0.1, 0.15) is 29.2 Å². The Morgan fingerprint density at radius 2 is 1.59 bits per heavy atom. The number of hydrogen-bond acceptors (Lipinski definition) is 1. The lowest BCUT2D eigenvalue weighted by atomic mass is 9.89. The van der Waals surface area contributed by atoms with Crippen LogP contribution >= 0.6 is 0 Å². The molecule has 0 atom stereocenters. The van der Waals surface area contributed by atoms with Crippen molar-refractivity contribution in [3.63, 3.8) is 0 Å². The molecule has 0 unspecified atom stereocenters. The molecule has 2 aromatic heterocycles. The highest BCUT2D eigenvalue weighted by molar-refractivity contribution is 6.07. The van der Waals surface area contributed by atoms with Crippen molar-refractivity contribution in [2.45, 2.75) is 46.5 Å². The molecule has 5 rings (SSSR count). The van der Waals surface area contributed by atoms with Crippen LogP contribution in [0.25, 0.3) is 39.0 Å². The van der Waals surface area contributed by atoms with Gasteiger partial charge in [-0.05, 0) is 42.5 Å². The zero-order valence-corrected chi connectivity index (χ0v) is 19.8. The van der Waals surface area contributed by atoms with E-state index >= 15 is 0 Å². The molecule has 0 spiro atoms. The van der Waals surface area contributed by atoms with Gasteiger partial charge in [-0.3, -0.25) is 0 Å². The first-order chi connectivity index (χ1) is 15.4. The molecule has 0 radical (unpaired) electrons.